The topological polar surface area (TPSA) is 62.1 Å². The van der Waals surface area contributed by atoms with Gasteiger partial charge in [0.1, 0.15) is 17.2 Å². The van der Waals surface area contributed by atoms with Gasteiger partial charge in [0.05, 0.1) is 12.2 Å². The molecule has 2 rings (SSSR count). The molecular formula is C16H20N2O2S. The number of aryl methyl sites for hydroxylation is 1. The van der Waals surface area contributed by atoms with Crippen molar-refractivity contribution in [3.63, 3.8) is 0 Å². The van der Waals surface area contributed by atoms with E-state index in [0.29, 0.717) is 23.6 Å². The van der Waals surface area contributed by atoms with E-state index in [4.69, 9.17) is 4.74 Å². The molecule has 0 aliphatic heterocycles. The number of ether oxygens (including phenoxy) is 1. The summed E-state index contributed by atoms with van der Waals surface area (Å²) in [6.07, 6.45) is 6.17. The number of nitrogens with zero attached hydrogens (tertiary/aromatic N) is 1. The van der Waals surface area contributed by atoms with Gasteiger partial charge in [0.2, 0.25) is 0 Å². The average Bonchev–Trinajstić information content (AvgIpc) is 2.84. The maximum atomic E-state index is 12.1. The maximum Gasteiger partial charge on any atom is 0.253 e. The van der Waals surface area contributed by atoms with E-state index in [0.717, 1.165) is 31.2 Å². The van der Waals surface area contributed by atoms with Crippen LogP contribution in [0.5, 0.6) is 0 Å². The van der Waals surface area contributed by atoms with Gasteiger partial charge in [0.15, 0.2) is 0 Å². The number of nitrogens with one attached hydrogen (secondary N) is 1. The Morgan fingerprint density at radius 3 is 3.05 bits per heavy atom. The highest BCUT2D eigenvalue weighted by molar-refractivity contribution is 7.16. The van der Waals surface area contributed by atoms with Crippen LogP contribution in [0.15, 0.2) is 12.7 Å². The summed E-state index contributed by atoms with van der Waals surface area (Å²) in [6, 6.07) is 2.24. The Morgan fingerprint density at radius 2 is 2.33 bits per heavy atom. The third-order valence-electron chi connectivity index (χ3n) is 3.58. The van der Waals surface area contributed by atoms with Crippen LogP contribution in [-0.4, -0.2) is 18.6 Å². The highest BCUT2D eigenvalue weighted by atomic mass is 32.1. The summed E-state index contributed by atoms with van der Waals surface area (Å²) in [5.74, 6) is -0.200. The number of anilines is 1. The molecule has 0 spiro atoms. The predicted molar refractivity (Wildman–Crippen MR) is 84.5 cm³/mol. The van der Waals surface area contributed by atoms with Crippen LogP contribution in [0.4, 0.5) is 5.00 Å². The quantitative estimate of drug-likeness (QED) is 0.647. The largest absolute Gasteiger partial charge is 0.368 e. The number of carbonyl (C=O) groups excluding carboxylic acids is 1. The van der Waals surface area contributed by atoms with Crippen LogP contribution in [0.3, 0.4) is 0 Å². The van der Waals surface area contributed by atoms with E-state index in [1.807, 2.05) is 0 Å². The molecule has 1 aromatic rings. The average molecular weight is 304 g/mol. The third kappa shape index (κ3) is 3.72. The van der Waals surface area contributed by atoms with Gasteiger partial charge in [-0.05, 0) is 44.6 Å². The van der Waals surface area contributed by atoms with Gasteiger partial charge >= 0.3 is 0 Å². The number of fused-ring (bicyclic) bond motifs is 1. The van der Waals surface area contributed by atoms with Gasteiger partial charge in [-0.2, -0.15) is 5.26 Å². The third-order valence-corrected chi connectivity index (χ3v) is 4.79. The van der Waals surface area contributed by atoms with Gasteiger partial charge in [-0.3, -0.25) is 4.79 Å². The van der Waals surface area contributed by atoms with Crippen LogP contribution < -0.4 is 5.32 Å². The van der Waals surface area contributed by atoms with Crippen molar-refractivity contribution in [3.05, 3.63) is 28.7 Å². The first-order valence-electron chi connectivity index (χ1n) is 7.25. The van der Waals surface area contributed by atoms with Crippen molar-refractivity contribution in [2.24, 2.45) is 0 Å². The molecular weight excluding hydrogens is 284 g/mol. The number of thiophene rings is 1. The van der Waals surface area contributed by atoms with E-state index in [1.165, 1.54) is 16.2 Å². The Kier molecular flexibility index (Phi) is 5.54. The molecule has 0 aromatic carbocycles. The van der Waals surface area contributed by atoms with Crippen LogP contribution in [0.1, 0.15) is 42.2 Å². The van der Waals surface area contributed by atoms with Crippen LogP contribution in [0.2, 0.25) is 0 Å². The van der Waals surface area contributed by atoms with Gasteiger partial charge in [-0.25, -0.2) is 0 Å². The standard InChI is InChI=1S/C16H20N2O2S/c1-3-4-9-20-11(2)15(19)18-16-13(10-17)12-7-5-6-8-14(12)21-16/h3,11H,1,4-9H2,2H3,(H,18,19). The molecule has 4 nitrogen and oxygen atoms in total. The molecule has 0 saturated heterocycles. The normalized spacial score (nSPS) is 14.9. The van der Waals surface area contributed by atoms with Gasteiger partial charge in [0.25, 0.3) is 5.91 Å². The van der Waals surface area contributed by atoms with Crippen LogP contribution in [-0.2, 0) is 22.4 Å². The molecule has 0 radical (unpaired) electrons. The molecule has 0 fully saturated rings. The lowest BCUT2D eigenvalue weighted by molar-refractivity contribution is -0.126. The molecule has 1 atom stereocenters. The lowest BCUT2D eigenvalue weighted by Gasteiger charge is -2.12. The second-order valence-corrected chi connectivity index (χ2v) is 6.21. The zero-order valence-electron chi connectivity index (χ0n) is 12.3. The van der Waals surface area contributed by atoms with Crippen LogP contribution >= 0.6 is 11.3 Å². The maximum absolute atomic E-state index is 12.1. The summed E-state index contributed by atoms with van der Waals surface area (Å²) >= 11 is 1.53. The van der Waals surface area contributed by atoms with Gasteiger partial charge in [0, 0.05) is 4.88 Å². The summed E-state index contributed by atoms with van der Waals surface area (Å²) in [6.45, 7) is 5.81. The summed E-state index contributed by atoms with van der Waals surface area (Å²) in [5.41, 5.74) is 1.77. The molecule has 1 aliphatic carbocycles. The smallest absolute Gasteiger partial charge is 0.253 e. The van der Waals surface area contributed by atoms with Crippen molar-refractivity contribution in [2.75, 3.05) is 11.9 Å². The molecule has 21 heavy (non-hydrogen) atoms. The Balaban J connectivity index is 2.05. The van der Waals surface area contributed by atoms with Crippen molar-refractivity contribution in [1.29, 1.82) is 5.26 Å². The summed E-state index contributed by atoms with van der Waals surface area (Å²) in [4.78, 5) is 13.4. The molecule has 1 N–H and O–H groups in total. The van der Waals surface area contributed by atoms with E-state index in [1.54, 1.807) is 13.0 Å². The fourth-order valence-electron chi connectivity index (χ4n) is 2.39. The number of rotatable bonds is 6. The Hall–Kier alpha value is -1.64. The molecule has 1 heterocycles. The van der Waals surface area contributed by atoms with E-state index >= 15 is 0 Å². The highest BCUT2D eigenvalue weighted by Crippen LogP contribution is 2.37. The van der Waals surface area contributed by atoms with Crippen molar-refractivity contribution < 1.29 is 9.53 Å². The molecule has 0 saturated carbocycles. The van der Waals surface area contributed by atoms with Crippen molar-refractivity contribution in [3.8, 4) is 6.07 Å². The first-order chi connectivity index (χ1) is 10.2. The van der Waals surface area contributed by atoms with E-state index in [2.05, 4.69) is 18.0 Å². The lowest BCUT2D eigenvalue weighted by atomic mass is 9.96. The predicted octanol–water partition coefficient (Wildman–Crippen LogP) is 3.42. The van der Waals surface area contributed by atoms with E-state index < -0.39 is 6.10 Å². The van der Waals surface area contributed by atoms with Gasteiger partial charge in [-0.15, -0.1) is 17.9 Å². The molecule has 1 aliphatic rings. The molecule has 1 unspecified atom stereocenters. The number of carbonyl (C=O) groups is 1. The van der Waals surface area contributed by atoms with Crippen molar-refractivity contribution in [1.82, 2.24) is 0 Å². The fourth-order valence-corrected chi connectivity index (χ4v) is 3.63. The summed E-state index contributed by atoms with van der Waals surface area (Å²) in [5, 5.41) is 12.9. The summed E-state index contributed by atoms with van der Waals surface area (Å²) in [7, 11) is 0. The second-order valence-electron chi connectivity index (χ2n) is 5.11. The number of nitriles is 1. The zero-order chi connectivity index (χ0) is 15.2. The fraction of sp³-hybridized carbons (Fsp3) is 0.500. The second kappa shape index (κ2) is 7.39. The minimum atomic E-state index is -0.532. The van der Waals surface area contributed by atoms with Crippen molar-refractivity contribution >= 4 is 22.2 Å². The number of hydrogen-bond acceptors (Lipinski definition) is 4. The minimum absolute atomic E-state index is 0.200. The monoisotopic (exact) mass is 304 g/mol. The van der Waals surface area contributed by atoms with Gasteiger partial charge in [-0.1, -0.05) is 6.08 Å². The Labute approximate surface area is 129 Å². The first kappa shape index (κ1) is 15.7. The molecule has 1 amide bonds. The Bertz CT molecular complexity index is 572. The molecule has 5 heteroatoms. The SMILES string of the molecule is C=CCCOC(C)C(=O)Nc1sc2c(c1C#N)CCCC2. The van der Waals surface area contributed by atoms with Crippen LogP contribution in [0.25, 0.3) is 0 Å². The summed E-state index contributed by atoms with van der Waals surface area (Å²) < 4.78 is 5.43. The van der Waals surface area contributed by atoms with Crippen LogP contribution in [0, 0.1) is 11.3 Å². The first-order valence-corrected chi connectivity index (χ1v) is 8.07. The zero-order valence-corrected chi connectivity index (χ0v) is 13.1. The minimum Gasteiger partial charge on any atom is -0.368 e. The molecule has 112 valence electrons. The van der Waals surface area contributed by atoms with E-state index in [-0.39, 0.29) is 5.91 Å². The number of amides is 1. The van der Waals surface area contributed by atoms with Crippen molar-refractivity contribution in [2.45, 2.75) is 45.1 Å². The molecule has 1 aromatic heterocycles. The van der Waals surface area contributed by atoms with Gasteiger partial charge < -0.3 is 10.1 Å². The van der Waals surface area contributed by atoms with E-state index in [9.17, 15) is 10.1 Å². The molecule has 0 bridgehead atoms. The Morgan fingerprint density at radius 1 is 1.57 bits per heavy atom. The highest BCUT2D eigenvalue weighted by Gasteiger charge is 2.23. The lowest BCUT2D eigenvalue weighted by Crippen LogP contribution is -2.28. The number of hydrogen-bond donors (Lipinski definition) is 1.